The van der Waals surface area contributed by atoms with Crippen molar-refractivity contribution < 1.29 is 4.79 Å². The van der Waals surface area contributed by atoms with Crippen LogP contribution < -0.4 is 5.32 Å². The number of carbonyl (C=O) groups is 1. The monoisotopic (exact) mass is 277 g/mol. The zero-order valence-electron chi connectivity index (χ0n) is 11.3. The minimum absolute atomic E-state index is 0.203. The number of thioether (sulfide) groups is 1. The number of nitrogens with one attached hydrogen (secondary N) is 1. The van der Waals surface area contributed by atoms with Gasteiger partial charge in [-0.15, -0.1) is 11.8 Å². The van der Waals surface area contributed by atoms with Gasteiger partial charge < -0.3 is 0 Å². The van der Waals surface area contributed by atoms with Crippen molar-refractivity contribution in [2.75, 3.05) is 11.6 Å². The summed E-state index contributed by atoms with van der Waals surface area (Å²) in [6, 6.07) is 3.77. The van der Waals surface area contributed by atoms with Crippen LogP contribution in [-0.4, -0.2) is 32.4 Å². The zero-order valence-corrected chi connectivity index (χ0v) is 12.1. The van der Waals surface area contributed by atoms with Crippen molar-refractivity contribution in [1.29, 1.82) is 0 Å². The van der Waals surface area contributed by atoms with Gasteiger partial charge in [0.1, 0.15) is 0 Å². The second kappa shape index (κ2) is 5.40. The van der Waals surface area contributed by atoms with Gasteiger partial charge in [-0.05, 0) is 47.7 Å². The largest absolute Gasteiger partial charge is 0.289 e. The van der Waals surface area contributed by atoms with Gasteiger partial charge in [-0.3, -0.25) is 10.1 Å². The molecule has 1 heterocycles. The third-order valence-electron chi connectivity index (χ3n) is 2.90. The van der Waals surface area contributed by atoms with Crippen molar-refractivity contribution in [2.45, 2.75) is 18.7 Å². The fraction of sp³-hybridized carbons (Fsp3) is 0.333. The molecule has 2 rings (SSSR count). The SMILES string of the molecule is CSc1c(C)ccc(C(=O)Nc2nnnn2C)c1C. The molecular weight excluding hydrogens is 262 g/mol. The van der Waals surface area contributed by atoms with Crippen molar-refractivity contribution >= 4 is 23.6 Å². The van der Waals surface area contributed by atoms with E-state index in [-0.39, 0.29) is 5.91 Å². The first-order valence-corrected chi connectivity index (χ1v) is 6.95. The van der Waals surface area contributed by atoms with E-state index in [0.29, 0.717) is 11.5 Å². The van der Waals surface area contributed by atoms with Crippen LogP contribution >= 0.6 is 11.8 Å². The molecule has 1 aromatic heterocycles. The van der Waals surface area contributed by atoms with Crippen molar-refractivity contribution in [2.24, 2.45) is 7.05 Å². The number of carbonyl (C=O) groups excluding carboxylic acids is 1. The minimum Gasteiger partial charge on any atom is -0.289 e. The molecule has 100 valence electrons. The van der Waals surface area contributed by atoms with E-state index >= 15 is 0 Å². The Morgan fingerprint density at radius 1 is 1.37 bits per heavy atom. The number of anilines is 1. The predicted octanol–water partition coefficient (Wildman–Crippen LogP) is 1.80. The number of benzene rings is 1. The number of aryl methyl sites for hydroxylation is 2. The first kappa shape index (κ1) is 13.5. The Bertz CT molecular complexity index is 623. The normalized spacial score (nSPS) is 10.5. The van der Waals surface area contributed by atoms with Gasteiger partial charge in [-0.25, -0.2) is 4.68 Å². The summed E-state index contributed by atoms with van der Waals surface area (Å²) >= 11 is 1.64. The smallest absolute Gasteiger partial charge is 0.258 e. The third kappa shape index (κ3) is 2.60. The fourth-order valence-electron chi connectivity index (χ4n) is 1.89. The van der Waals surface area contributed by atoms with Crippen LogP contribution in [0.1, 0.15) is 21.5 Å². The Labute approximate surface area is 115 Å². The zero-order chi connectivity index (χ0) is 14.0. The van der Waals surface area contributed by atoms with Crippen molar-refractivity contribution in [3.8, 4) is 0 Å². The highest BCUT2D eigenvalue weighted by Crippen LogP contribution is 2.27. The summed E-state index contributed by atoms with van der Waals surface area (Å²) in [5.41, 5.74) is 2.78. The molecule has 0 fully saturated rings. The number of tetrazole rings is 1. The molecule has 2 aromatic rings. The molecule has 0 aliphatic rings. The van der Waals surface area contributed by atoms with Gasteiger partial charge in [0.15, 0.2) is 0 Å². The standard InChI is InChI=1S/C12H15N5OS/c1-7-5-6-9(8(2)10(7)19-4)11(18)13-12-14-15-16-17(12)3/h5-6H,1-4H3,(H,13,14,16,18). The van der Waals surface area contributed by atoms with E-state index in [1.165, 1.54) is 10.2 Å². The quantitative estimate of drug-likeness (QED) is 0.866. The van der Waals surface area contributed by atoms with E-state index < -0.39 is 0 Å². The van der Waals surface area contributed by atoms with E-state index in [1.807, 2.05) is 32.2 Å². The molecule has 7 heteroatoms. The molecule has 0 aliphatic carbocycles. The van der Waals surface area contributed by atoms with Gasteiger partial charge in [0.05, 0.1) is 0 Å². The lowest BCUT2D eigenvalue weighted by Gasteiger charge is -2.12. The highest BCUT2D eigenvalue weighted by molar-refractivity contribution is 7.98. The second-order valence-electron chi connectivity index (χ2n) is 4.17. The Morgan fingerprint density at radius 3 is 2.68 bits per heavy atom. The molecule has 0 saturated heterocycles. The van der Waals surface area contributed by atoms with Gasteiger partial charge >= 0.3 is 0 Å². The molecule has 0 radical (unpaired) electrons. The minimum atomic E-state index is -0.203. The maximum Gasteiger partial charge on any atom is 0.258 e. The van der Waals surface area contributed by atoms with Gasteiger partial charge in [0, 0.05) is 17.5 Å². The molecule has 0 aliphatic heterocycles. The van der Waals surface area contributed by atoms with E-state index in [2.05, 4.69) is 20.8 Å². The lowest BCUT2D eigenvalue weighted by Crippen LogP contribution is -2.17. The lowest BCUT2D eigenvalue weighted by atomic mass is 10.1. The highest BCUT2D eigenvalue weighted by atomic mass is 32.2. The Kier molecular flexibility index (Phi) is 3.84. The molecule has 0 spiro atoms. The van der Waals surface area contributed by atoms with E-state index in [4.69, 9.17) is 0 Å². The van der Waals surface area contributed by atoms with Crippen molar-refractivity contribution in [3.05, 3.63) is 28.8 Å². The van der Waals surface area contributed by atoms with Crippen LogP contribution in [0.4, 0.5) is 5.95 Å². The van der Waals surface area contributed by atoms with Crippen LogP contribution in [0.3, 0.4) is 0 Å². The molecule has 0 saturated carbocycles. The maximum atomic E-state index is 12.2. The average molecular weight is 277 g/mol. The molecule has 1 N–H and O–H groups in total. The number of aromatic nitrogens is 4. The summed E-state index contributed by atoms with van der Waals surface area (Å²) in [5.74, 6) is 0.126. The number of hydrogen-bond donors (Lipinski definition) is 1. The topological polar surface area (TPSA) is 72.7 Å². The summed E-state index contributed by atoms with van der Waals surface area (Å²) in [6.07, 6.45) is 2.00. The Hall–Kier alpha value is -1.89. The van der Waals surface area contributed by atoms with Crippen LogP contribution in [0.15, 0.2) is 17.0 Å². The molecule has 19 heavy (non-hydrogen) atoms. The van der Waals surface area contributed by atoms with Gasteiger partial charge in [-0.1, -0.05) is 11.2 Å². The average Bonchev–Trinajstić information content (AvgIpc) is 2.75. The maximum absolute atomic E-state index is 12.2. The first-order valence-electron chi connectivity index (χ1n) is 5.72. The van der Waals surface area contributed by atoms with Crippen molar-refractivity contribution in [3.63, 3.8) is 0 Å². The van der Waals surface area contributed by atoms with Crippen LogP contribution in [0.5, 0.6) is 0 Å². The number of amides is 1. The second-order valence-corrected chi connectivity index (χ2v) is 4.98. The van der Waals surface area contributed by atoms with Crippen LogP contribution in [-0.2, 0) is 7.05 Å². The summed E-state index contributed by atoms with van der Waals surface area (Å²) in [5, 5.41) is 13.6. The summed E-state index contributed by atoms with van der Waals surface area (Å²) in [4.78, 5) is 13.4. The first-order chi connectivity index (χ1) is 9.04. The van der Waals surface area contributed by atoms with Crippen LogP contribution in [0, 0.1) is 13.8 Å². The number of rotatable bonds is 3. The molecule has 0 atom stereocenters. The number of hydrogen-bond acceptors (Lipinski definition) is 5. The summed E-state index contributed by atoms with van der Waals surface area (Å²) < 4.78 is 1.41. The van der Waals surface area contributed by atoms with Crippen LogP contribution in [0.2, 0.25) is 0 Å². The Morgan fingerprint density at radius 2 is 2.11 bits per heavy atom. The van der Waals surface area contributed by atoms with Gasteiger partial charge in [0.2, 0.25) is 5.95 Å². The molecule has 0 bridgehead atoms. The summed E-state index contributed by atoms with van der Waals surface area (Å²) in [6.45, 7) is 3.98. The van der Waals surface area contributed by atoms with Gasteiger partial charge in [-0.2, -0.15) is 0 Å². The summed E-state index contributed by atoms with van der Waals surface area (Å²) in [7, 11) is 1.67. The van der Waals surface area contributed by atoms with E-state index in [1.54, 1.807) is 18.8 Å². The van der Waals surface area contributed by atoms with E-state index in [0.717, 1.165) is 10.5 Å². The molecule has 1 aromatic carbocycles. The molecule has 1 amide bonds. The van der Waals surface area contributed by atoms with E-state index in [9.17, 15) is 4.79 Å². The van der Waals surface area contributed by atoms with Gasteiger partial charge in [0.25, 0.3) is 5.91 Å². The van der Waals surface area contributed by atoms with Crippen LogP contribution in [0.25, 0.3) is 0 Å². The lowest BCUT2D eigenvalue weighted by molar-refractivity contribution is 0.102. The molecule has 6 nitrogen and oxygen atoms in total. The third-order valence-corrected chi connectivity index (χ3v) is 3.93. The highest BCUT2D eigenvalue weighted by Gasteiger charge is 2.15. The fourth-order valence-corrected chi connectivity index (χ4v) is 2.70. The predicted molar refractivity (Wildman–Crippen MR) is 74.4 cm³/mol. The Balaban J connectivity index is 2.32. The van der Waals surface area contributed by atoms with Crippen molar-refractivity contribution in [1.82, 2.24) is 20.2 Å². The molecular formula is C12H15N5OS. The number of nitrogens with zero attached hydrogens (tertiary/aromatic N) is 4. The molecule has 0 unspecified atom stereocenters.